The van der Waals surface area contributed by atoms with Gasteiger partial charge >= 0.3 is 0 Å². The largest absolute Gasteiger partial charge is 0.375 e. The van der Waals surface area contributed by atoms with Gasteiger partial charge in [0.25, 0.3) is 0 Å². The fourth-order valence-corrected chi connectivity index (χ4v) is 3.42. The molecule has 136 valence electrons. The number of aromatic nitrogens is 2. The van der Waals surface area contributed by atoms with Gasteiger partial charge in [0.15, 0.2) is 0 Å². The first-order valence-corrected chi connectivity index (χ1v) is 8.91. The Bertz CT molecular complexity index is 747. The molecule has 1 fully saturated rings. The second-order valence-corrected chi connectivity index (χ2v) is 7.76. The Hall–Kier alpha value is -2.08. The van der Waals surface area contributed by atoms with E-state index in [1.165, 1.54) is 0 Å². The first kappa shape index (κ1) is 17.7. The maximum atomic E-state index is 12.2. The van der Waals surface area contributed by atoms with E-state index in [9.17, 15) is 4.79 Å². The minimum absolute atomic E-state index is 0.0568. The normalized spacial score (nSPS) is 18.6. The highest BCUT2D eigenvalue weighted by atomic mass is 16.5. The SMILES string of the molecule is COCC(=O)N1CCC[C@@H](c2nc3ccccn3c2NC(C)(C)C)C1. The molecule has 0 unspecified atom stereocenters. The predicted octanol–water partition coefficient (Wildman–Crippen LogP) is 2.90. The number of hydrogen-bond acceptors (Lipinski definition) is 4. The van der Waals surface area contributed by atoms with E-state index < -0.39 is 0 Å². The lowest BCUT2D eigenvalue weighted by atomic mass is 9.94. The number of amides is 1. The molecule has 1 atom stereocenters. The van der Waals surface area contributed by atoms with Crippen LogP contribution in [-0.2, 0) is 9.53 Å². The number of anilines is 1. The minimum atomic E-state index is -0.0687. The minimum Gasteiger partial charge on any atom is -0.375 e. The third-order valence-corrected chi connectivity index (χ3v) is 4.48. The van der Waals surface area contributed by atoms with Crippen LogP contribution in [0.5, 0.6) is 0 Å². The van der Waals surface area contributed by atoms with Gasteiger partial charge in [-0.2, -0.15) is 0 Å². The summed E-state index contributed by atoms with van der Waals surface area (Å²) in [5.41, 5.74) is 1.92. The molecular weight excluding hydrogens is 316 g/mol. The highest BCUT2D eigenvalue weighted by Crippen LogP contribution is 2.33. The topological polar surface area (TPSA) is 58.9 Å². The fourth-order valence-electron chi connectivity index (χ4n) is 3.42. The summed E-state index contributed by atoms with van der Waals surface area (Å²) in [5.74, 6) is 1.33. The molecule has 1 aliphatic heterocycles. The lowest BCUT2D eigenvalue weighted by Gasteiger charge is -2.33. The van der Waals surface area contributed by atoms with Crippen LogP contribution in [0.1, 0.15) is 45.2 Å². The summed E-state index contributed by atoms with van der Waals surface area (Å²) in [6.45, 7) is 8.08. The Balaban J connectivity index is 1.94. The number of carbonyl (C=O) groups is 1. The molecular formula is C19H28N4O2. The van der Waals surface area contributed by atoms with Crippen LogP contribution in [0, 0.1) is 0 Å². The Morgan fingerprint density at radius 2 is 2.20 bits per heavy atom. The summed E-state index contributed by atoms with van der Waals surface area (Å²) in [4.78, 5) is 19.0. The van der Waals surface area contributed by atoms with Gasteiger partial charge in [-0.3, -0.25) is 9.20 Å². The zero-order valence-corrected chi connectivity index (χ0v) is 15.6. The summed E-state index contributed by atoms with van der Waals surface area (Å²) in [5, 5.41) is 3.61. The van der Waals surface area contributed by atoms with Gasteiger partial charge in [0, 0.05) is 37.9 Å². The molecule has 3 heterocycles. The zero-order valence-electron chi connectivity index (χ0n) is 15.6. The van der Waals surface area contributed by atoms with Gasteiger partial charge in [-0.15, -0.1) is 0 Å². The number of imidazole rings is 1. The third-order valence-electron chi connectivity index (χ3n) is 4.48. The molecule has 0 bridgehead atoms. The number of fused-ring (bicyclic) bond motifs is 1. The average Bonchev–Trinajstić information content (AvgIpc) is 2.92. The van der Waals surface area contributed by atoms with Crippen LogP contribution in [-0.4, -0.2) is 52.5 Å². The Labute approximate surface area is 149 Å². The first-order chi connectivity index (χ1) is 11.9. The quantitative estimate of drug-likeness (QED) is 0.926. The van der Waals surface area contributed by atoms with Crippen LogP contribution in [0.25, 0.3) is 5.65 Å². The molecule has 2 aromatic rings. The monoisotopic (exact) mass is 344 g/mol. The lowest BCUT2D eigenvalue weighted by molar-refractivity contribution is -0.136. The summed E-state index contributed by atoms with van der Waals surface area (Å²) in [6, 6.07) is 6.04. The van der Waals surface area contributed by atoms with E-state index in [1.54, 1.807) is 7.11 Å². The molecule has 1 aliphatic rings. The standard InChI is InChI=1S/C19H28N4O2/c1-19(2,3)21-18-17(20-15-9-5-6-11-23(15)18)14-8-7-10-22(12-14)16(24)13-25-4/h5-6,9,11,14,21H,7-8,10,12-13H2,1-4H3/t14-/m1/s1. The van der Waals surface area contributed by atoms with Crippen molar-refractivity contribution in [1.82, 2.24) is 14.3 Å². The van der Waals surface area contributed by atoms with Crippen LogP contribution in [0.3, 0.4) is 0 Å². The molecule has 25 heavy (non-hydrogen) atoms. The average molecular weight is 344 g/mol. The third kappa shape index (κ3) is 3.95. The Morgan fingerprint density at radius 3 is 2.92 bits per heavy atom. The lowest BCUT2D eigenvalue weighted by Crippen LogP contribution is -2.41. The van der Waals surface area contributed by atoms with Gasteiger partial charge in [-0.05, 0) is 45.7 Å². The molecule has 0 saturated carbocycles. The molecule has 3 rings (SSSR count). The molecule has 0 aromatic carbocycles. The van der Waals surface area contributed by atoms with Crippen molar-refractivity contribution in [2.24, 2.45) is 0 Å². The molecule has 2 aromatic heterocycles. The van der Waals surface area contributed by atoms with Crippen LogP contribution < -0.4 is 5.32 Å². The number of nitrogens with one attached hydrogen (secondary N) is 1. The number of likely N-dealkylation sites (tertiary alicyclic amines) is 1. The highest BCUT2D eigenvalue weighted by Gasteiger charge is 2.30. The van der Waals surface area contributed by atoms with Crippen molar-refractivity contribution >= 4 is 17.4 Å². The summed E-state index contributed by atoms with van der Waals surface area (Å²) in [6.07, 6.45) is 4.07. The van der Waals surface area contributed by atoms with Gasteiger partial charge in [-0.25, -0.2) is 4.98 Å². The number of carbonyl (C=O) groups excluding carboxylic acids is 1. The van der Waals surface area contributed by atoms with Crippen molar-refractivity contribution in [3.05, 3.63) is 30.1 Å². The maximum Gasteiger partial charge on any atom is 0.248 e. The van der Waals surface area contributed by atoms with E-state index in [1.807, 2.05) is 29.3 Å². The van der Waals surface area contributed by atoms with Crippen molar-refractivity contribution in [2.45, 2.75) is 45.1 Å². The van der Waals surface area contributed by atoms with Crippen molar-refractivity contribution in [2.75, 3.05) is 32.1 Å². The van der Waals surface area contributed by atoms with E-state index in [0.717, 1.165) is 36.5 Å². The number of rotatable bonds is 4. The molecule has 1 amide bonds. The number of hydrogen-bond donors (Lipinski definition) is 1. The van der Waals surface area contributed by atoms with Gasteiger partial charge in [-0.1, -0.05) is 6.07 Å². The van der Waals surface area contributed by atoms with Gasteiger partial charge in [0.2, 0.25) is 5.91 Å². The van der Waals surface area contributed by atoms with Crippen molar-refractivity contribution in [3.63, 3.8) is 0 Å². The number of nitrogens with zero attached hydrogens (tertiary/aromatic N) is 3. The second-order valence-electron chi connectivity index (χ2n) is 7.76. The van der Waals surface area contributed by atoms with E-state index in [-0.39, 0.29) is 24.0 Å². The molecule has 0 aliphatic carbocycles. The van der Waals surface area contributed by atoms with Crippen LogP contribution in [0.2, 0.25) is 0 Å². The van der Waals surface area contributed by atoms with E-state index in [0.29, 0.717) is 6.54 Å². The van der Waals surface area contributed by atoms with Gasteiger partial charge < -0.3 is 15.0 Å². The Kier molecular flexibility index (Phi) is 4.99. The molecule has 1 N–H and O–H groups in total. The highest BCUT2D eigenvalue weighted by molar-refractivity contribution is 5.77. The summed E-state index contributed by atoms with van der Waals surface area (Å²) < 4.78 is 7.12. The number of ether oxygens (including phenoxy) is 1. The Morgan fingerprint density at radius 1 is 1.40 bits per heavy atom. The van der Waals surface area contributed by atoms with Gasteiger partial charge in [0.05, 0.1) is 5.69 Å². The van der Waals surface area contributed by atoms with E-state index >= 15 is 0 Å². The molecule has 0 radical (unpaired) electrons. The van der Waals surface area contributed by atoms with Crippen LogP contribution in [0.4, 0.5) is 5.82 Å². The van der Waals surface area contributed by atoms with Crippen molar-refractivity contribution < 1.29 is 9.53 Å². The molecule has 6 nitrogen and oxygen atoms in total. The van der Waals surface area contributed by atoms with Crippen molar-refractivity contribution in [1.29, 1.82) is 0 Å². The van der Waals surface area contributed by atoms with E-state index in [4.69, 9.17) is 9.72 Å². The maximum absolute atomic E-state index is 12.2. The molecule has 0 spiro atoms. The smallest absolute Gasteiger partial charge is 0.248 e. The molecule has 6 heteroatoms. The number of piperidine rings is 1. The fraction of sp³-hybridized carbons (Fsp3) is 0.579. The summed E-state index contributed by atoms with van der Waals surface area (Å²) >= 11 is 0. The summed E-state index contributed by atoms with van der Waals surface area (Å²) in [7, 11) is 1.56. The number of pyridine rings is 1. The second kappa shape index (κ2) is 7.04. The molecule has 1 saturated heterocycles. The first-order valence-electron chi connectivity index (χ1n) is 8.91. The van der Waals surface area contributed by atoms with Crippen LogP contribution in [0.15, 0.2) is 24.4 Å². The van der Waals surface area contributed by atoms with Crippen LogP contribution >= 0.6 is 0 Å². The zero-order chi connectivity index (χ0) is 18.0. The van der Waals surface area contributed by atoms with E-state index in [2.05, 4.69) is 30.5 Å². The van der Waals surface area contributed by atoms with Crippen molar-refractivity contribution in [3.8, 4) is 0 Å². The number of methoxy groups -OCH3 is 1. The predicted molar refractivity (Wildman–Crippen MR) is 99.0 cm³/mol. The van der Waals surface area contributed by atoms with Gasteiger partial charge in [0.1, 0.15) is 18.1 Å².